The van der Waals surface area contributed by atoms with E-state index in [1.165, 1.54) is 0 Å². The molecule has 0 spiro atoms. The van der Waals surface area contributed by atoms with E-state index < -0.39 is 23.4 Å². The van der Waals surface area contributed by atoms with E-state index in [-0.39, 0.29) is 23.9 Å². The van der Waals surface area contributed by atoms with E-state index in [0.29, 0.717) is 11.8 Å². The number of carboxylic acid groups (broad SMARTS) is 1. The number of thioether (sulfide) groups is 1. The van der Waals surface area contributed by atoms with Gasteiger partial charge in [0, 0.05) is 0 Å². The van der Waals surface area contributed by atoms with Crippen molar-refractivity contribution in [3.63, 3.8) is 0 Å². The zero-order chi connectivity index (χ0) is 13.6. The molecule has 0 unspecified atom stereocenters. The Labute approximate surface area is 103 Å². The molecule has 0 saturated heterocycles. The van der Waals surface area contributed by atoms with E-state index in [2.05, 4.69) is 10.2 Å². The number of rotatable bonds is 4. The minimum absolute atomic E-state index is 0.0978. The summed E-state index contributed by atoms with van der Waals surface area (Å²) in [5.74, 6) is -1.89. The van der Waals surface area contributed by atoms with Crippen molar-refractivity contribution in [3.05, 3.63) is 0 Å². The molecule has 1 fully saturated rings. The molecule has 6 nitrogen and oxygen atoms in total. The van der Waals surface area contributed by atoms with Crippen LogP contribution in [0, 0.1) is 0 Å². The Morgan fingerprint density at radius 3 is 2.56 bits per heavy atom. The monoisotopic (exact) mass is 282 g/mol. The van der Waals surface area contributed by atoms with Gasteiger partial charge < -0.3 is 10.8 Å². The molecule has 0 atom stereocenters. The van der Waals surface area contributed by atoms with Crippen LogP contribution in [-0.2, 0) is 10.3 Å². The quantitative estimate of drug-likeness (QED) is 0.803. The van der Waals surface area contributed by atoms with Gasteiger partial charge in [0.25, 0.3) is 0 Å². The molecule has 1 saturated carbocycles. The second-order valence-corrected chi connectivity index (χ2v) is 4.83. The van der Waals surface area contributed by atoms with E-state index in [0.717, 1.165) is 4.57 Å². The lowest BCUT2D eigenvalue weighted by Gasteiger charge is -2.22. The number of hydrogen-bond acceptors (Lipinski definition) is 5. The summed E-state index contributed by atoms with van der Waals surface area (Å²) >= 11 is 0.669. The first-order valence-electron chi connectivity index (χ1n) is 4.90. The topological polar surface area (TPSA) is 94.0 Å². The van der Waals surface area contributed by atoms with Crippen molar-refractivity contribution < 1.29 is 23.1 Å². The SMILES string of the molecule is Nc1nnc(SCC(=O)O)n1C1(C(F)(F)F)CC1. The molecule has 3 N–H and O–H groups in total. The van der Waals surface area contributed by atoms with Gasteiger partial charge in [0.05, 0.1) is 5.75 Å². The molecule has 1 aromatic heterocycles. The lowest BCUT2D eigenvalue weighted by Crippen LogP contribution is -2.36. The minimum Gasteiger partial charge on any atom is -0.481 e. The van der Waals surface area contributed by atoms with Crippen molar-refractivity contribution in [1.29, 1.82) is 0 Å². The third-order valence-electron chi connectivity index (χ3n) is 2.66. The van der Waals surface area contributed by atoms with Gasteiger partial charge in [0.2, 0.25) is 5.95 Å². The van der Waals surface area contributed by atoms with Gasteiger partial charge in [-0.15, -0.1) is 10.2 Å². The number of hydrogen-bond donors (Lipinski definition) is 2. The molecule has 10 heteroatoms. The molecule has 1 aliphatic rings. The molecule has 0 aliphatic heterocycles. The van der Waals surface area contributed by atoms with Gasteiger partial charge in [0.1, 0.15) is 5.54 Å². The molecule has 18 heavy (non-hydrogen) atoms. The Hall–Kier alpha value is -1.45. The van der Waals surface area contributed by atoms with Crippen LogP contribution in [0.2, 0.25) is 0 Å². The number of aliphatic carboxylic acids is 1. The zero-order valence-corrected chi connectivity index (χ0v) is 9.75. The molecule has 0 bridgehead atoms. The molecule has 100 valence electrons. The smallest absolute Gasteiger partial charge is 0.412 e. The van der Waals surface area contributed by atoms with E-state index >= 15 is 0 Å². The number of halogens is 3. The molecule has 2 rings (SSSR count). The van der Waals surface area contributed by atoms with Crippen LogP contribution in [0.25, 0.3) is 0 Å². The molecule has 1 aromatic rings. The summed E-state index contributed by atoms with van der Waals surface area (Å²) in [5.41, 5.74) is 3.33. The number of aromatic nitrogens is 3. The molecule has 0 amide bonds. The third-order valence-corrected chi connectivity index (χ3v) is 3.58. The van der Waals surface area contributed by atoms with Crippen molar-refractivity contribution in [2.75, 3.05) is 11.5 Å². The highest BCUT2D eigenvalue weighted by Crippen LogP contribution is 2.57. The zero-order valence-electron chi connectivity index (χ0n) is 8.94. The second kappa shape index (κ2) is 4.04. The predicted molar refractivity (Wildman–Crippen MR) is 56.1 cm³/mol. The summed E-state index contributed by atoms with van der Waals surface area (Å²) < 4.78 is 39.7. The number of nitrogen functional groups attached to an aromatic ring is 1. The van der Waals surface area contributed by atoms with Crippen LogP contribution in [0.5, 0.6) is 0 Å². The first-order chi connectivity index (χ1) is 8.28. The first-order valence-corrected chi connectivity index (χ1v) is 5.89. The van der Waals surface area contributed by atoms with Crippen LogP contribution in [0.4, 0.5) is 19.1 Å². The van der Waals surface area contributed by atoms with Crippen LogP contribution >= 0.6 is 11.8 Å². The van der Waals surface area contributed by atoms with Gasteiger partial charge in [0.15, 0.2) is 5.16 Å². The van der Waals surface area contributed by atoms with E-state index in [1.54, 1.807) is 0 Å². The summed E-state index contributed by atoms with van der Waals surface area (Å²) in [6.07, 6.45) is -4.65. The van der Waals surface area contributed by atoms with Gasteiger partial charge in [-0.2, -0.15) is 13.2 Å². The Balaban J connectivity index is 2.33. The van der Waals surface area contributed by atoms with Gasteiger partial charge in [-0.05, 0) is 12.8 Å². The maximum Gasteiger partial charge on any atom is 0.412 e. The van der Waals surface area contributed by atoms with Crippen molar-refractivity contribution in [2.45, 2.75) is 29.7 Å². The lowest BCUT2D eigenvalue weighted by atomic mass is 10.2. The second-order valence-electron chi connectivity index (χ2n) is 3.89. The number of nitrogens with two attached hydrogens (primary N) is 1. The summed E-state index contributed by atoms with van der Waals surface area (Å²) in [6.45, 7) is 0. The van der Waals surface area contributed by atoms with Gasteiger partial charge in [-0.1, -0.05) is 11.8 Å². The fraction of sp³-hybridized carbons (Fsp3) is 0.625. The van der Waals surface area contributed by atoms with Gasteiger partial charge in [-0.3, -0.25) is 9.36 Å². The standard InChI is InChI=1S/C8H9F3N4O2S/c9-8(10,11)7(1-2-7)15-5(12)13-14-6(15)18-3-4(16)17/h1-3H2,(H2,12,13)(H,16,17). The van der Waals surface area contributed by atoms with Crippen LogP contribution in [0.15, 0.2) is 5.16 Å². The third kappa shape index (κ3) is 2.00. The Morgan fingerprint density at radius 2 is 2.11 bits per heavy atom. The highest BCUT2D eigenvalue weighted by Gasteiger charge is 2.66. The van der Waals surface area contributed by atoms with E-state index in [4.69, 9.17) is 10.8 Å². The maximum absolute atomic E-state index is 13.0. The number of nitrogens with zero attached hydrogens (tertiary/aromatic N) is 3. The minimum atomic E-state index is -4.46. The largest absolute Gasteiger partial charge is 0.481 e. The van der Waals surface area contributed by atoms with E-state index in [1.807, 2.05) is 0 Å². The highest BCUT2D eigenvalue weighted by molar-refractivity contribution is 7.99. The number of anilines is 1. The first kappa shape index (κ1) is 13.0. The fourth-order valence-corrected chi connectivity index (χ4v) is 2.40. The normalized spacial score (nSPS) is 17.7. The van der Waals surface area contributed by atoms with Crippen LogP contribution in [-0.4, -0.2) is 37.8 Å². The average Bonchev–Trinajstić information content (AvgIpc) is 2.95. The number of carbonyl (C=O) groups is 1. The fourth-order valence-electron chi connectivity index (χ4n) is 1.66. The van der Waals surface area contributed by atoms with Crippen LogP contribution in [0.1, 0.15) is 12.8 Å². The predicted octanol–water partition coefficient (Wildman–Crippen LogP) is 1.09. The molecule has 0 radical (unpaired) electrons. The van der Waals surface area contributed by atoms with Crippen molar-refractivity contribution in [2.24, 2.45) is 0 Å². The number of carboxylic acids is 1. The van der Waals surface area contributed by atoms with Crippen molar-refractivity contribution in [3.8, 4) is 0 Å². The Bertz CT molecular complexity index is 483. The van der Waals surface area contributed by atoms with Crippen molar-refractivity contribution >= 4 is 23.7 Å². The van der Waals surface area contributed by atoms with E-state index in [9.17, 15) is 18.0 Å². The summed E-state index contributed by atoms with van der Waals surface area (Å²) in [4.78, 5) is 10.4. The van der Waals surface area contributed by atoms with Gasteiger partial charge in [-0.25, -0.2) is 0 Å². The average molecular weight is 282 g/mol. The summed E-state index contributed by atoms with van der Waals surface area (Å²) in [5, 5.41) is 15.3. The summed E-state index contributed by atoms with van der Waals surface area (Å²) in [7, 11) is 0. The van der Waals surface area contributed by atoms with Crippen molar-refractivity contribution in [1.82, 2.24) is 14.8 Å². The molecular weight excluding hydrogens is 273 g/mol. The lowest BCUT2D eigenvalue weighted by molar-refractivity contribution is -0.181. The molecule has 1 aliphatic carbocycles. The Morgan fingerprint density at radius 1 is 1.50 bits per heavy atom. The molecule has 0 aromatic carbocycles. The maximum atomic E-state index is 13.0. The number of alkyl halides is 3. The summed E-state index contributed by atoms with van der Waals surface area (Å²) in [6, 6.07) is 0. The molecule has 1 heterocycles. The van der Waals surface area contributed by atoms with Gasteiger partial charge >= 0.3 is 12.1 Å². The Kier molecular flexibility index (Phi) is 2.92. The molecular formula is C8H9F3N4O2S. The highest BCUT2D eigenvalue weighted by atomic mass is 32.2. The van der Waals surface area contributed by atoms with Crippen LogP contribution < -0.4 is 5.73 Å². The van der Waals surface area contributed by atoms with Crippen LogP contribution in [0.3, 0.4) is 0 Å².